The lowest BCUT2D eigenvalue weighted by atomic mass is 9.94. The Morgan fingerprint density at radius 2 is 1.79 bits per heavy atom. The van der Waals surface area contributed by atoms with Crippen LogP contribution in [0.15, 0.2) is 53.4 Å². The van der Waals surface area contributed by atoms with E-state index >= 15 is 0 Å². The molecule has 6 nitrogen and oxygen atoms in total. The fourth-order valence-electron chi connectivity index (χ4n) is 3.64. The van der Waals surface area contributed by atoms with E-state index in [1.807, 2.05) is 6.07 Å². The molecule has 0 aromatic heterocycles. The van der Waals surface area contributed by atoms with Gasteiger partial charge >= 0.3 is 5.97 Å². The molecular formula is C22H24N2O4S. The quantitative estimate of drug-likeness (QED) is 0.701. The number of hydrogen-bond acceptors (Lipinski definition) is 5. The maximum atomic E-state index is 13.0. The molecule has 0 radical (unpaired) electrons. The van der Waals surface area contributed by atoms with Crippen molar-refractivity contribution in [3.63, 3.8) is 0 Å². The second-order valence-corrected chi connectivity index (χ2v) is 9.62. The summed E-state index contributed by atoms with van der Waals surface area (Å²) < 4.78 is 32.9. The van der Waals surface area contributed by atoms with Crippen LogP contribution in [0.2, 0.25) is 0 Å². The van der Waals surface area contributed by atoms with Crippen LogP contribution in [-0.4, -0.2) is 31.8 Å². The first kappa shape index (κ1) is 21.0. The lowest BCUT2D eigenvalue weighted by molar-refractivity contribution is 0.0472. The van der Waals surface area contributed by atoms with Gasteiger partial charge in [0.15, 0.2) is 0 Å². The smallest absolute Gasteiger partial charge is 0.338 e. The van der Waals surface area contributed by atoms with Crippen LogP contribution in [0.3, 0.4) is 0 Å². The predicted octanol–water partition coefficient (Wildman–Crippen LogP) is 3.58. The summed E-state index contributed by atoms with van der Waals surface area (Å²) in [6, 6.07) is 14.7. The summed E-state index contributed by atoms with van der Waals surface area (Å²) in [5.41, 5.74) is 1.47. The summed E-state index contributed by atoms with van der Waals surface area (Å²) >= 11 is 0. The molecule has 0 saturated carbocycles. The van der Waals surface area contributed by atoms with Gasteiger partial charge in [0.25, 0.3) is 0 Å². The van der Waals surface area contributed by atoms with Gasteiger partial charge in [-0.3, -0.25) is 0 Å². The summed E-state index contributed by atoms with van der Waals surface area (Å²) in [6.07, 6.45) is 1.01. The Kier molecular flexibility index (Phi) is 6.36. The molecule has 0 amide bonds. The number of sulfonamides is 1. The Labute approximate surface area is 171 Å². The standard InChI is InChI=1S/C22H24N2O4S/c1-16-10-17(2)14-24(13-16)29(26,27)21-5-3-4-20(11-21)22(25)28-15-19-8-6-18(12-23)7-9-19/h3-9,11,16-17H,10,13-15H2,1-2H3. The zero-order valence-electron chi connectivity index (χ0n) is 16.5. The lowest BCUT2D eigenvalue weighted by Gasteiger charge is -2.34. The zero-order valence-corrected chi connectivity index (χ0v) is 17.4. The fourth-order valence-corrected chi connectivity index (χ4v) is 5.37. The van der Waals surface area contributed by atoms with Crippen molar-refractivity contribution in [1.82, 2.24) is 4.31 Å². The molecule has 1 aliphatic rings. The van der Waals surface area contributed by atoms with Gasteiger partial charge in [0.05, 0.1) is 22.1 Å². The predicted molar refractivity (Wildman–Crippen MR) is 108 cm³/mol. The number of nitriles is 1. The van der Waals surface area contributed by atoms with E-state index in [1.165, 1.54) is 16.4 Å². The molecule has 0 spiro atoms. The third kappa shape index (κ3) is 5.03. The van der Waals surface area contributed by atoms with Gasteiger partial charge in [0, 0.05) is 13.1 Å². The van der Waals surface area contributed by atoms with E-state index in [0.717, 1.165) is 12.0 Å². The van der Waals surface area contributed by atoms with Crippen molar-refractivity contribution in [2.75, 3.05) is 13.1 Å². The van der Waals surface area contributed by atoms with Crippen LogP contribution < -0.4 is 0 Å². The highest BCUT2D eigenvalue weighted by atomic mass is 32.2. The average molecular weight is 413 g/mol. The number of carbonyl (C=O) groups is 1. The normalized spacial score (nSPS) is 20.0. The molecule has 2 atom stereocenters. The third-order valence-corrected chi connectivity index (χ3v) is 6.82. The van der Waals surface area contributed by atoms with Crippen molar-refractivity contribution in [2.45, 2.75) is 31.8 Å². The molecule has 2 unspecified atom stereocenters. The summed E-state index contributed by atoms with van der Waals surface area (Å²) in [5.74, 6) is 0.00924. The molecule has 152 valence electrons. The topological polar surface area (TPSA) is 87.5 Å². The van der Waals surface area contributed by atoms with E-state index in [0.29, 0.717) is 30.5 Å². The van der Waals surface area contributed by atoms with E-state index in [2.05, 4.69) is 13.8 Å². The van der Waals surface area contributed by atoms with Crippen molar-refractivity contribution in [3.8, 4) is 6.07 Å². The molecule has 7 heteroatoms. The summed E-state index contributed by atoms with van der Waals surface area (Å²) in [5, 5.41) is 8.82. The highest BCUT2D eigenvalue weighted by molar-refractivity contribution is 7.89. The minimum absolute atomic E-state index is 0.0443. The third-order valence-electron chi connectivity index (χ3n) is 5.00. The number of piperidine rings is 1. The molecule has 0 aliphatic carbocycles. The van der Waals surface area contributed by atoms with E-state index in [-0.39, 0.29) is 17.1 Å². The maximum Gasteiger partial charge on any atom is 0.338 e. The number of nitrogens with zero attached hydrogens (tertiary/aromatic N) is 2. The van der Waals surface area contributed by atoms with Crippen molar-refractivity contribution in [2.24, 2.45) is 11.8 Å². The second kappa shape index (κ2) is 8.76. The number of rotatable bonds is 5. The van der Waals surface area contributed by atoms with E-state index in [9.17, 15) is 13.2 Å². The Hall–Kier alpha value is -2.69. The molecule has 0 bridgehead atoms. The summed E-state index contributed by atoms with van der Waals surface area (Å²) in [6.45, 7) is 5.12. The molecule has 0 N–H and O–H groups in total. The molecule has 2 aromatic rings. The molecule has 2 aromatic carbocycles. The highest BCUT2D eigenvalue weighted by Gasteiger charge is 2.32. The fraction of sp³-hybridized carbons (Fsp3) is 0.364. The van der Waals surface area contributed by atoms with Crippen LogP contribution in [0.25, 0.3) is 0 Å². The van der Waals surface area contributed by atoms with Gasteiger partial charge in [0.1, 0.15) is 6.61 Å². The number of hydrogen-bond donors (Lipinski definition) is 0. The van der Waals surface area contributed by atoms with Crippen LogP contribution in [0.5, 0.6) is 0 Å². The SMILES string of the molecule is CC1CC(C)CN(S(=O)(=O)c2cccc(C(=O)OCc3ccc(C#N)cc3)c2)C1. The van der Waals surface area contributed by atoms with Crippen molar-refractivity contribution >= 4 is 16.0 Å². The van der Waals surface area contributed by atoms with Crippen molar-refractivity contribution in [3.05, 3.63) is 65.2 Å². The number of esters is 1. The van der Waals surface area contributed by atoms with Gasteiger partial charge in [-0.2, -0.15) is 9.57 Å². The first-order valence-corrected chi connectivity index (χ1v) is 11.0. The Balaban J connectivity index is 1.72. The first-order chi connectivity index (χ1) is 13.8. The number of benzene rings is 2. The van der Waals surface area contributed by atoms with Gasteiger partial charge < -0.3 is 4.74 Å². The number of carbonyl (C=O) groups excluding carboxylic acids is 1. The van der Waals surface area contributed by atoms with Crippen LogP contribution in [-0.2, 0) is 21.4 Å². The monoisotopic (exact) mass is 412 g/mol. The number of ether oxygens (including phenoxy) is 1. The van der Waals surface area contributed by atoms with Crippen LogP contribution >= 0.6 is 0 Å². The second-order valence-electron chi connectivity index (χ2n) is 7.68. The maximum absolute atomic E-state index is 13.0. The molecule has 1 saturated heterocycles. The molecule has 1 heterocycles. The Morgan fingerprint density at radius 3 is 2.41 bits per heavy atom. The largest absolute Gasteiger partial charge is 0.457 e. The van der Waals surface area contributed by atoms with Gasteiger partial charge in [-0.1, -0.05) is 32.0 Å². The Morgan fingerprint density at radius 1 is 1.14 bits per heavy atom. The van der Waals surface area contributed by atoms with E-state index in [4.69, 9.17) is 10.00 Å². The molecule has 29 heavy (non-hydrogen) atoms. The van der Waals surface area contributed by atoms with E-state index < -0.39 is 16.0 Å². The van der Waals surface area contributed by atoms with Gasteiger partial charge in [-0.15, -0.1) is 0 Å². The first-order valence-electron chi connectivity index (χ1n) is 9.56. The van der Waals surface area contributed by atoms with Crippen molar-refractivity contribution < 1.29 is 17.9 Å². The summed E-state index contributed by atoms with van der Waals surface area (Å²) in [7, 11) is -3.66. The van der Waals surface area contributed by atoms with Gasteiger partial charge in [0.2, 0.25) is 10.0 Å². The average Bonchev–Trinajstić information content (AvgIpc) is 2.71. The Bertz CT molecular complexity index is 1020. The van der Waals surface area contributed by atoms with Crippen LogP contribution in [0.1, 0.15) is 41.8 Å². The minimum Gasteiger partial charge on any atom is -0.457 e. The lowest BCUT2D eigenvalue weighted by Crippen LogP contribution is -2.42. The van der Waals surface area contributed by atoms with Crippen molar-refractivity contribution in [1.29, 1.82) is 5.26 Å². The van der Waals surface area contributed by atoms with Crippen LogP contribution in [0.4, 0.5) is 0 Å². The molecular weight excluding hydrogens is 388 g/mol. The molecule has 1 fully saturated rings. The van der Waals surface area contributed by atoms with E-state index in [1.54, 1.807) is 36.4 Å². The van der Waals surface area contributed by atoms with Crippen LogP contribution in [0, 0.1) is 23.2 Å². The molecule has 1 aliphatic heterocycles. The summed E-state index contributed by atoms with van der Waals surface area (Å²) in [4.78, 5) is 12.5. The highest BCUT2D eigenvalue weighted by Crippen LogP contribution is 2.27. The molecule has 3 rings (SSSR count). The van der Waals surface area contributed by atoms with Gasteiger partial charge in [-0.05, 0) is 54.2 Å². The van der Waals surface area contributed by atoms with Gasteiger partial charge in [-0.25, -0.2) is 13.2 Å². The minimum atomic E-state index is -3.66. The zero-order chi connectivity index (χ0) is 21.0.